The molecule has 2 aromatic heterocycles. The normalized spacial score (nSPS) is 13.6. The average Bonchev–Trinajstić information content (AvgIpc) is 3.13. The molecule has 0 radical (unpaired) electrons. The van der Waals surface area contributed by atoms with E-state index in [4.69, 9.17) is 5.11 Å². The molecule has 0 amide bonds. The Bertz CT molecular complexity index is 1090. The number of alkyl halides is 3. The summed E-state index contributed by atoms with van der Waals surface area (Å²) in [5, 5.41) is 28.6. The predicted molar refractivity (Wildman–Crippen MR) is 109 cm³/mol. The van der Waals surface area contributed by atoms with Crippen molar-refractivity contribution in [3.63, 3.8) is 0 Å². The fourth-order valence-corrected chi connectivity index (χ4v) is 3.49. The van der Waals surface area contributed by atoms with Crippen molar-refractivity contribution >= 4 is 5.97 Å². The maximum atomic E-state index is 13.9. The Kier molecular flexibility index (Phi) is 7.44. The van der Waals surface area contributed by atoms with Crippen LogP contribution in [0.15, 0.2) is 48.8 Å². The van der Waals surface area contributed by atoms with Crippen LogP contribution >= 0.6 is 0 Å². The summed E-state index contributed by atoms with van der Waals surface area (Å²) >= 11 is 0. The number of carbonyl (C=O) groups is 1. The molecule has 0 unspecified atom stereocenters. The second-order valence-corrected chi connectivity index (χ2v) is 7.46. The van der Waals surface area contributed by atoms with Gasteiger partial charge in [-0.25, -0.2) is 9.37 Å². The van der Waals surface area contributed by atoms with Crippen molar-refractivity contribution in [1.29, 1.82) is 0 Å². The first-order chi connectivity index (χ1) is 15.6. The van der Waals surface area contributed by atoms with Gasteiger partial charge in [0.1, 0.15) is 5.82 Å². The quantitative estimate of drug-likeness (QED) is 0.414. The number of halogens is 4. The largest absolute Gasteiger partial charge is 0.481 e. The van der Waals surface area contributed by atoms with Crippen LogP contribution in [0.1, 0.15) is 25.1 Å². The Balaban J connectivity index is 2.04. The zero-order valence-electron chi connectivity index (χ0n) is 17.2. The molecule has 176 valence electrons. The maximum absolute atomic E-state index is 13.9. The van der Waals surface area contributed by atoms with Crippen molar-refractivity contribution in [3.05, 3.63) is 60.4 Å². The van der Waals surface area contributed by atoms with Gasteiger partial charge in [-0.05, 0) is 49.2 Å². The Hall–Kier alpha value is -3.31. The van der Waals surface area contributed by atoms with Gasteiger partial charge in [0.05, 0.1) is 30.0 Å². The number of hydrogen-bond acceptors (Lipinski definition) is 5. The Morgan fingerprint density at radius 2 is 1.76 bits per heavy atom. The molecule has 33 heavy (non-hydrogen) atoms. The van der Waals surface area contributed by atoms with Crippen molar-refractivity contribution in [2.75, 3.05) is 0 Å². The number of carboxylic acids is 1. The van der Waals surface area contributed by atoms with E-state index in [9.17, 15) is 32.6 Å². The standard InChI is InChI=1S/C22H21F4N3O4/c23-15-5-3-13(4-6-15)20-19(14-2-1-8-27-12-14)28-21(22(24,25)26)29(20)9-7-16(30)10-17(31)11-18(32)33/h1-6,8,12,16-17,30-31H,7,9-11H2,(H,32,33)/t16-,17-/m1/s1. The summed E-state index contributed by atoms with van der Waals surface area (Å²) in [4.78, 5) is 18.4. The number of carboxylic acid groups (broad SMARTS) is 1. The fraction of sp³-hybridized carbons (Fsp3) is 0.318. The second-order valence-electron chi connectivity index (χ2n) is 7.46. The predicted octanol–water partition coefficient (Wildman–Crippen LogP) is 3.75. The molecule has 2 heterocycles. The molecule has 2 atom stereocenters. The molecule has 3 N–H and O–H groups in total. The molecule has 0 saturated carbocycles. The van der Waals surface area contributed by atoms with Crippen LogP contribution in [0.4, 0.5) is 17.6 Å². The number of nitrogens with zero attached hydrogens (tertiary/aromatic N) is 3. The van der Waals surface area contributed by atoms with E-state index >= 15 is 0 Å². The van der Waals surface area contributed by atoms with E-state index in [2.05, 4.69) is 9.97 Å². The Morgan fingerprint density at radius 3 is 2.33 bits per heavy atom. The lowest BCUT2D eigenvalue weighted by Crippen LogP contribution is -2.23. The third kappa shape index (κ3) is 6.14. The van der Waals surface area contributed by atoms with Crippen molar-refractivity contribution in [2.45, 2.75) is 44.2 Å². The van der Waals surface area contributed by atoms with Gasteiger partial charge in [-0.3, -0.25) is 9.78 Å². The average molecular weight is 467 g/mol. The summed E-state index contributed by atoms with van der Waals surface area (Å²) in [6.45, 7) is -0.338. The van der Waals surface area contributed by atoms with Crippen LogP contribution in [-0.2, 0) is 17.5 Å². The number of aliphatic carboxylic acids is 1. The number of pyridine rings is 1. The number of aromatic nitrogens is 3. The number of aliphatic hydroxyl groups is 2. The highest BCUT2D eigenvalue weighted by Gasteiger charge is 2.39. The van der Waals surface area contributed by atoms with Crippen molar-refractivity contribution in [3.8, 4) is 22.5 Å². The van der Waals surface area contributed by atoms with Crippen LogP contribution in [0.3, 0.4) is 0 Å². The molecule has 0 bridgehead atoms. The number of aliphatic hydroxyl groups excluding tert-OH is 2. The van der Waals surface area contributed by atoms with Crippen LogP contribution in [0.25, 0.3) is 22.5 Å². The molecule has 0 fully saturated rings. The molecule has 0 aliphatic heterocycles. The SMILES string of the molecule is O=C(O)C[C@H](O)C[C@H](O)CCn1c(C(F)(F)F)nc(-c2cccnc2)c1-c1ccc(F)cc1. The summed E-state index contributed by atoms with van der Waals surface area (Å²) in [5.41, 5.74) is 0.646. The van der Waals surface area contributed by atoms with E-state index in [0.29, 0.717) is 5.56 Å². The first kappa shape index (κ1) is 24.3. The van der Waals surface area contributed by atoms with Crippen LogP contribution in [0.5, 0.6) is 0 Å². The van der Waals surface area contributed by atoms with Crippen LogP contribution in [-0.4, -0.2) is 48.0 Å². The molecular formula is C22H21F4N3O4. The maximum Gasteiger partial charge on any atom is 0.449 e. The van der Waals surface area contributed by atoms with Crippen molar-refractivity contribution in [1.82, 2.24) is 14.5 Å². The number of benzene rings is 1. The summed E-state index contributed by atoms with van der Waals surface area (Å²) in [5.74, 6) is -3.03. The van der Waals surface area contributed by atoms with Gasteiger partial charge >= 0.3 is 12.1 Å². The topological polar surface area (TPSA) is 108 Å². The highest BCUT2D eigenvalue weighted by molar-refractivity contribution is 5.79. The molecular weight excluding hydrogens is 446 g/mol. The fourth-order valence-electron chi connectivity index (χ4n) is 3.49. The van der Waals surface area contributed by atoms with E-state index in [1.54, 1.807) is 12.1 Å². The van der Waals surface area contributed by atoms with Crippen molar-refractivity contribution in [2.24, 2.45) is 0 Å². The molecule has 0 aliphatic carbocycles. The minimum atomic E-state index is -4.83. The van der Waals surface area contributed by atoms with E-state index < -0.39 is 42.4 Å². The smallest absolute Gasteiger partial charge is 0.449 e. The highest BCUT2D eigenvalue weighted by Crippen LogP contribution is 2.38. The molecule has 11 heteroatoms. The van der Waals surface area contributed by atoms with Gasteiger partial charge in [0, 0.05) is 30.1 Å². The number of rotatable bonds is 9. The van der Waals surface area contributed by atoms with Gasteiger partial charge in [-0.2, -0.15) is 13.2 Å². The second kappa shape index (κ2) is 10.1. The lowest BCUT2D eigenvalue weighted by Gasteiger charge is -2.18. The first-order valence-corrected chi connectivity index (χ1v) is 9.98. The number of hydrogen-bond donors (Lipinski definition) is 3. The summed E-state index contributed by atoms with van der Waals surface area (Å²) in [6, 6.07) is 7.98. The molecule has 0 aliphatic rings. The van der Waals surface area contributed by atoms with Crippen LogP contribution in [0.2, 0.25) is 0 Å². The van der Waals surface area contributed by atoms with E-state index in [1.165, 1.54) is 24.5 Å². The summed E-state index contributed by atoms with van der Waals surface area (Å²) < 4.78 is 56.0. The molecule has 0 spiro atoms. The molecule has 7 nitrogen and oxygen atoms in total. The first-order valence-electron chi connectivity index (χ1n) is 9.98. The molecule has 1 aromatic carbocycles. The third-order valence-electron chi connectivity index (χ3n) is 4.91. The Labute approximate surface area is 186 Å². The zero-order valence-corrected chi connectivity index (χ0v) is 17.2. The van der Waals surface area contributed by atoms with Crippen molar-refractivity contribution < 1.29 is 37.7 Å². The lowest BCUT2D eigenvalue weighted by atomic mass is 10.0. The van der Waals surface area contributed by atoms with Gasteiger partial charge in [-0.15, -0.1) is 0 Å². The number of imidazole rings is 1. The molecule has 3 rings (SSSR count). The highest BCUT2D eigenvalue weighted by atomic mass is 19.4. The molecule has 3 aromatic rings. The lowest BCUT2D eigenvalue weighted by molar-refractivity contribution is -0.147. The minimum absolute atomic E-state index is 0.0116. The monoisotopic (exact) mass is 467 g/mol. The summed E-state index contributed by atoms with van der Waals surface area (Å²) in [6.07, 6.45) is -5.74. The van der Waals surface area contributed by atoms with Gasteiger partial charge in [0.15, 0.2) is 0 Å². The van der Waals surface area contributed by atoms with Gasteiger partial charge < -0.3 is 19.9 Å². The summed E-state index contributed by atoms with van der Waals surface area (Å²) in [7, 11) is 0. The van der Waals surface area contributed by atoms with Crippen LogP contribution < -0.4 is 0 Å². The Morgan fingerprint density at radius 1 is 1.06 bits per heavy atom. The van der Waals surface area contributed by atoms with E-state index in [-0.39, 0.29) is 36.3 Å². The molecule has 0 saturated heterocycles. The van der Waals surface area contributed by atoms with Gasteiger partial charge in [0.2, 0.25) is 5.82 Å². The van der Waals surface area contributed by atoms with E-state index in [1.807, 2.05) is 0 Å². The minimum Gasteiger partial charge on any atom is -0.481 e. The van der Waals surface area contributed by atoms with Gasteiger partial charge in [-0.1, -0.05) is 0 Å². The van der Waals surface area contributed by atoms with E-state index in [0.717, 1.165) is 16.7 Å². The van der Waals surface area contributed by atoms with Crippen LogP contribution in [0, 0.1) is 5.82 Å². The van der Waals surface area contributed by atoms with Gasteiger partial charge in [0.25, 0.3) is 0 Å². The third-order valence-corrected chi connectivity index (χ3v) is 4.91. The zero-order chi connectivity index (χ0) is 24.2.